The summed E-state index contributed by atoms with van der Waals surface area (Å²) in [6.45, 7) is 2.22. The van der Waals surface area contributed by atoms with Crippen LogP contribution in [-0.2, 0) is 6.42 Å². The van der Waals surface area contributed by atoms with Gasteiger partial charge in [0.1, 0.15) is 0 Å². The molecule has 0 amide bonds. The Balaban J connectivity index is 2.09. The zero-order valence-corrected chi connectivity index (χ0v) is 11.4. The summed E-state index contributed by atoms with van der Waals surface area (Å²) in [7, 11) is 0. The molecule has 0 atom stereocenters. The van der Waals surface area contributed by atoms with Crippen LogP contribution in [0.5, 0.6) is 0 Å². The minimum atomic E-state index is 0.894. The molecular formula is C17H20N2. The van der Waals surface area contributed by atoms with Crippen LogP contribution >= 0.6 is 0 Å². The average Bonchev–Trinajstić information content (AvgIpc) is 2.48. The van der Waals surface area contributed by atoms with Crippen LogP contribution in [0.1, 0.15) is 31.7 Å². The van der Waals surface area contributed by atoms with Crippen LogP contribution in [0.4, 0.5) is 11.4 Å². The summed E-state index contributed by atoms with van der Waals surface area (Å²) in [6, 6.07) is 18.1. The number of nitrogens with zero attached hydrogens (tertiary/aromatic N) is 2. The Morgan fingerprint density at radius 3 is 2.32 bits per heavy atom. The second kappa shape index (κ2) is 7.47. The lowest BCUT2D eigenvalue weighted by Crippen LogP contribution is -1.85. The molecule has 0 bridgehead atoms. The predicted molar refractivity (Wildman–Crippen MR) is 80.3 cm³/mol. The maximum Gasteiger partial charge on any atom is 0.0889 e. The van der Waals surface area contributed by atoms with Crippen LogP contribution in [0, 0.1) is 0 Å². The molecule has 0 N–H and O–H groups in total. The largest absolute Gasteiger partial charge is 0.151 e. The molecular weight excluding hydrogens is 232 g/mol. The molecule has 0 radical (unpaired) electrons. The van der Waals surface area contributed by atoms with Gasteiger partial charge in [-0.25, -0.2) is 0 Å². The molecule has 2 nitrogen and oxygen atoms in total. The SMILES string of the molecule is CCCCCc1ccccc1N=Nc1ccccc1. The third-order valence-electron chi connectivity index (χ3n) is 3.07. The van der Waals surface area contributed by atoms with E-state index in [-0.39, 0.29) is 0 Å². The monoisotopic (exact) mass is 252 g/mol. The molecule has 0 fully saturated rings. The van der Waals surface area contributed by atoms with E-state index in [1.165, 1.54) is 24.8 Å². The molecule has 2 rings (SSSR count). The zero-order valence-electron chi connectivity index (χ0n) is 11.4. The zero-order chi connectivity index (χ0) is 13.3. The number of rotatable bonds is 6. The summed E-state index contributed by atoms with van der Waals surface area (Å²) < 4.78 is 0. The number of azo groups is 1. The Labute approximate surface area is 115 Å². The number of benzene rings is 2. The average molecular weight is 252 g/mol. The number of aryl methyl sites for hydroxylation is 1. The van der Waals surface area contributed by atoms with E-state index in [0.29, 0.717) is 0 Å². The van der Waals surface area contributed by atoms with Crippen molar-refractivity contribution in [3.63, 3.8) is 0 Å². The first kappa shape index (κ1) is 13.5. The number of hydrogen-bond acceptors (Lipinski definition) is 2. The molecule has 0 aliphatic heterocycles. The van der Waals surface area contributed by atoms with E-state index in [0.717, 1.165) is 17.8 Å². The summed E-state index contributed by atoms with van der Waals surface area (Å²) in [5, 5.41) is 8.67. The minimum Gasteiger partial charge on any atom is -0.151 e. The fraction of sp³-hybridized carbons (Fsp3) is 0.294. The van der Waals surface area contributed by atoms with Gasteiger partial charge >= 0.3 is 0 Å². The van der Waals surface area contributed by atoms with Crippen molar-refractivity contribution in [3.05, 3.63) is 60.2 Å². The van der Waals surface area contributed by atoms with Crippen molar-refractivity contribution in [2.24, 2.45) is 10.2 Å². The molecule has 0 spiro atoms. The van der Waals surface area contributed by atoms with Crippen LogP contribution in [0.25, 0.3) is 0 Å². The smallest absolute Gasteiger partial charge is 0.0889 e. The fourth-order valence-corrected chi connectivity index (χ4v) is 1.99. The second-order valence-electron chi connectivity index (χ2n) is 4.62. The standard InChI is InChI=1S/C17H20N2/c1-2-3-5-10-15-11-8-9-14-17(15)19-18-16-12-6-4-7-13-16/h4,6-9,11-14H,2-3,5,10H2,1H3. The lowest BCUT2D eigenvalue weighted by atomic mass is 10.1. The summed E-state index contributed by atoms with van der Waals surface area (Å²) in [6.07, 6.45) is 4.81. The van der Waals surface area contributed by atoms with Gasteiger partial charge in [0.05, 0.1) is 11.4 Å². The van der Waals surface area contributed by atoms with Crippen molar-refractivity contribution in [1.82, 2.24) is 0 Å². The Hall–Kier alpha value is -1.96. The third kappa shape index (κ3) is 4.32. The van der Waals surface area contributed by atoms with Crippen LogP contribution in [0.2, 0.25) is 0 Å². The fourth-order valence-electron chi connectivity index (χ4n) is 1.99. The molecule has 0 aliphatic carbocycles. The maximum absolute atomic E-state index is 4.38. The van der Waals surface area contributed by atoms with E-state index < -0.39 is 0 Å². The first-order valence-electron chi connectivity index (χ1n) is 6.95. The Morgan fingerprint density at radius 2 is 1.53 bits per heavy atom. The summed E-state index contributed by atoms with van der Waals surface area (Å²) in [5.74, 6) is 0. The van der Waals surface area contributed by atoms with E-state index in [2.05, 4.69) is 29.3 Å². The highest BCUT2D eigenvalue weighted by atomic mass is 15.1. The van der Waals surface area contributed by atoms with E-state index in [1.54, 1.807) is 0 Å². The van der Waals surface area contributed by atoms with Gasteiger partial charge in [-0.15, -0.1) is 0 Å². The van der Waals surface area contributed by atoms with Crippen LogP contribution < -0.4 is 0 Å². The van der Waals surface area contributed by atoms with E-state index in [1.807, 2.05) is 42.5 Å². The number of unbranched alkanes of at least 4 members (excludes halogenated alkanes) is 2. The highest BCUT2D eigenvalue weighted by molar-refractivity contribution is 5.46. The van der Waals surface area contributed by atoms with Crippen molar-refractivity contribution in [3.8, 4) is 0 Å². The van der Waals surface area contributed by atoms with Gasteiger partial charge in [0.15, 0.2) is 0 Å². The van der Waals surface area contributed by atoms with Gasteiger partial charge in [-0.2, -0.15) is 10.2 Å². The summed E-state index contributed by atoms with van der Waals surface area (Å²) in [5.41, 5.74) is 3.17. The van der Waals surface area contributed by atoms with Crippen molar-refractivity contribution in [2.75, 3.05) is 0 Å². The molecule has 19 heavy (non-hydrogen) atoms. The van der Waals surface area contributed by atoms with Crippen molar-refractivity contribution in [1.29, 1.82) is 0 Å². The predicted octanol–water partition coefficient (Wildman–Crippen LogP) is 5.83. The first-order valence-corrected chi connectivity index (χ1v) is 6.95. The molecule has 0 saturated carbocycles. The van der Waals surface area contributed by atoms with Gasteiger partial charge in [0.2, 0.25) is 0 Å². The van der Waals surface area contributed by atoms with Crippen LogP contribution in [0.15, 0.2) is 64.8 Å². The molecule has 0 aromatic heterocycles. The van der Waals surface area contributed by atoms with Gasteiger partial charge in [-0.3, -0.25) is 0 Å². The quantitative estimate of drug-likeness (QED) is 0.456. The van der Waals surface area contributed by atoms with Gasteiger partial charge in [-0.05, 0) is 36.6 Å². The van der Waals surface area contributed by atoms with E-state index in [9.17, 15) is 0 Å². The molecule has 0 unspecified atom stereocenters. The Bertz CT molecular complexity index is 518. The molecule has 0 heterocycles. The molecule has 98 valence electrons. The van der Waals surface area contributed by atoms with Gasteiger partial charge in [0, 0.05) is 0 Å². The van der Waals surface area contributed by atoms with Crippen molar-refractivity contribution < 1.29 is 0 Å². The second-order valence-corrected chi connectivity index (χ2v) is 4.62. The van der Waals surface area contributed by atoms with Gasteiger partial charge in [0.25, 0.3) is 0 Å². The van der Waals surface area contributed by atoms with Crippen LogP contribution in [0.3, 0.4) is 0 Å². The lowest BCUT2D eigenvalue weighted by Gasteiger charge is -2.03. The highest BCUT2D eigenvalue weighted by Gasteiger charge is 2.00. The van der Waals surface area contributed by atoms with Gasteiger partial charge in [-0.1, -0.05) is 56.2 Å². The highest BCUT2D eigenvalue weighted by Crippen LogP contribution is 2.23. The Kier molecular flexibility index (Phi) is 5.30. The van der Waals surface area contributed by atoms with Crippen molar-refractivity contribution >= 4 is 11.4 Å². The molecule has 0 saturated heterocycles. The maximum atomic E-state index is 4.38. The summed E-state index contributed by atoms with van der Waals surface area (Å²) in [4.78, 5) is 0. The number of hydrogen-bond donors (Lipinski definition) is 0. The van der Waals surface area contributed by atoms with Crippen molar-refractivity contribution in [2.45, 2.75) is 32.6 Å². The Morgan fingerprint density at radius 1 is 0.789 bits per heavy atom. The molecule has 2 aromatic carbocycles. The van der Waals surface area contributed by atoms with Gasteiger partial charge < -0.3 is 0 Å². The normalized spacial score (nSPS) is 11.0. The van der Waals surface area contributed by atoms with E-state index >= 15 is 0 Å². The summed E-state index contributed by atoms with van der Waals surface area (Å²) >= 11 is 0. The minimum absolute atomic E-state index is 0.894. The molecule has 2 heteroatoms. The molecule has 0 aliphatic rings. The lowest BCUT2D eigenvalue weighted by molar-refractivity contribution is 0.717. The first-order chi connectivity index (χ1) is 9.40. The topological polar surface area (TPSA) is 24.7 Å². The third-order valence-corrected chi connectivity index (χ3v) is 3.07. The molecule has 2 aromatic rings. The van der Waals surface area contributed by atoms with Crippen LogP contribution in [-0.4, -0.2) is 0 Å². The van der Waals surface area contributed by atoms with E-state index in [4.69, 9.17) is 0 Å².